The fourth-order valence-electron chi connectivity index (χ4n) is 2.85. The van der Waals surface area contributed by atoms with Crippen molar-refractivity contribution in [1.29, 1.82) is 0 Å². The Kier molecular flexibility index (Phi) is 5.60. The number of para-hydroxylation sites is 1. The SMILES string of the molecule is O=S(=O)(Nc1ncc(F)s1)c1ccc(C(F)(F)F)c(-c2ccn[nH]2)c1Oc1ccccc1. The Morgan fingerprint density at radius 2 is 1.81 bits per heavy atom. The van der Waals surface area contributed by atoms with Gasteiger partial charge in [-0.25, -0.2) is 13.4 Å². The zero-order valence-electron chi connectivity index (χ0n) is 15.7. The van der Waals surface area contributed by atoms with Gasteiger partial charge in [0.1, 0.15) is 10.6 Å². The molecule has 2 N–H and O–H groups in total. The first-order chi connectivity index (χ1) is 15.1. The van der Waals surface area contributed by atoms with E-state index in [1.165, 1.54) is 24.4 Å². The fourth-order valence-corrected chi connectivity index (χ4v) is 4.77. The van der Waals surface area contributed by atoms with Crippen molar-refractivity contribution in [3.05, 3.63) is 71.6 Å². The van der Waals surface area contributed by atoms with Crippen LogP contribution < -0.4 is 9.46 Å². The minimum absolute atomic E-state index is 0.101. The second-order valence-electron chi connectivity index (χ2n) is 6.27. The topological polar surface area (TPSA) is 97.0 Å². The van der Waals surface area contributed by atoms with E-state index in [4.69, 9.17) is 4.74 Å². The summed E-state index contributed by atoms with van der Waals surface area (Å²) in [6, 6.07) is 10.4. The van der Waals surface area contributed by atoms with E-state index in [9.17, 15) is 26.0 Å². The highest BCUT2D eigenvalue weighted by molar-refractivity contribution is 7.93. The standard InChI is InChI=1S/C19H12F4N4O3S2/c20-15-10-24-18(31-15)27-32(28,29)14-7-6-12(19(21,22)23)16(13-8-9-25-26-13)17(14)30-11-4-2-1-3-5-11/h1-10H,(H,24,27)(H,25,26). The molecular weight excluding hydrogens is 472 g/mol. The van der Waals surface area contributed by atoms with Crippen LogP contribution >= 0.6 is 11.3 Å². The van der Waals surface area contributed by atoms with E-state index < -0.39 is 43.1 Å². The lowest BCUT2D eigenvalue weighted by Crippen LogP contribution is -2.16. The number of sulfonamides is 1. The number of hydrogen-bond donors (Lipinski definition) is 2. The van der Waals surface area contributed by atoms with Crippen LogP contribution in [0.2, 0.25) is 0 Å². The number of aromatic amines is 1. The number of halogens is 4. The number of rotatable bonds is 6. The van der Waals surface area contributed by atoms with E-state index >= 15 is 0 Å². The largest absolute Gasteiger partial charge is 0.455 e. The van der Waals surface area contributed by atoms with Gasteiger partial charge in [-0.2, -0.15) is 22.7 Å². The Morgan fingerprint density at radius 3 is 2.41 bits per heavy atom. The van der Waals surface area contributed by atoms with Gasteiger partial charge >= 0.3 is 6.18 Å². The summed E-state index contributed by atoms with van der Waals surface area (Å²) in [4.78, 5) is 2.98. The quantitative estimate of drug-likeness (QED) is 0.363. The van der Waals surface area contributed by atoms with Gasteiger partial charge in [0.15, 0.2) is 16.0 Å². The summed E-state index contributed by atoms with van der Waals surface area (Å²) in [5.41, 5.74) is -1.79. The number of aromatic nitrogens is 3. The van der Waals surface area contributed by atoms with Gasteiger partial charge in [0, 0.05) is 6.20 Å². The van der Waals surface area contributed by atoms with Crippen molar-refractivity contribution in [2.75, 3.05) is 4.72 Å². The molecule has 13 heteroatoms. The average Bonchev–Trinajstić information content (AvgIpc) is 3.39. The van der Waals surface area contributed by atoms with Crippen molar-refractivity contribution >= 4 is 26.5 Å². The fraction of sp³-hybridized carbons (Fsp3) is 0.0526. The maximum absolute atomic E-state index is 13.8. The summed E-state index contributed by atoms with van der Waals surface area (Å²) in [7, 11) is -4.52. The van der Waals surface area contributed by atoms with Crippen LogP contribution in [0.15, 0.2) is 65.8 Å². The molecule has 0 aliphatic rings. The average molecular weight is 484 g/mol. The van der Waals surface area contributed by atoms with E-state index in [0.29, 0.717) is 17.4 Å². The highest BCUT2D eigenvalue weighted by atomic mass is 32.2. The summed E-state index contributed by atoms with van der Waals surface area (Å²) in [6.07, 6.45) is -2.80. The van der Waals surface area contributed by atoms with Gasteiger partial charge in [-0.1, -0.05) is 29.5 Å². The van der Waals surface area contributed by atoms with Crippen LogP contribution in [-0.4, -0.2) is 23.6 Å². The Hall–Kier alpha value is -3.45. The lowest BCUT2D eigenvalue weighted by Gasteiger charge is -2.20. The van der Waals surface area contributed by atoms with Gasteiger partial charge in [-0.3, -0.25) is 9.82 Å². The number of thiazole rings is 1. The van der Waals surface area contributed by atoms with Crippen molar-refractivity contribution < 1.29 is 30.7 Å². The van der Waals surface area contributed by atoms with E-state index in [1.54, 1.807) is 18.2 Å². The third-order valence-corrected chi connectivity index (χ3v) is 6.34. The molecule has 4 aromatic rings. The van der Waals surface area contributed by atoms with Gasteiger partial charge in [0.2, 0.25) is 0 Å². The molecule has 32 heavy (non-hydrogen) atoms. The number of alkyl halides is 3. The molecule has 0 spiro atoms. The van der Waals surface area contributed by atoms with Crippen LogP contribution in [0.25, 0.3) is 11.3 Å². The first-order valence-corrected chi connectivity index (χ1v) is 11.1. The molecule has 0 atom stereocenters. The van der Waals surface area contributed by atoms with Gasteiger partial charge in [0.05, 0.1) is 23.0 Å². The molecule has 2 heterocycles. The zero-order valence-corrected chi connectivity index (χ0v) is 17.4. The predicted molar refractivity (Wildman–Crippen MR) is 108 cm³/mol. The normalized spacial score (nSPS) is 12.0. The molecule has 0 unspecified atom stereocenters. The molecule has 7 nitrogen and oxygen atoms in total. The van der Waals surface area contributed by atoms with Crippen molar-refractivity contribution in [1.82, 2.24) is 15.2 Å². The van der Waals surface area contributed by atoms with Crippen molar-refractivity contribution in [2.24, 2.45) is 0 Å². The lowest BCUT2D eigenvalue weighted by atomic mass is 10.0. The smallest absolute Gasteiger partial charge is 0.417 e. The highest BCUT2D eigenvalue weighted by Gasteiger charge is 2.38. The molecule has 0 fully saturated rings. The minimum atomic E-state index is -4.83. The Morgan fingerprint density at radius 1 is 1.06 bits per heavy atom. The number of hydrogen-bond acceptors (Lipinski definition) is 6. The maximum Gasteiger partial charge on any atom is 0.417 e. The number of nitrogens with zero attached hydrogens (tertiary/aromatic N) is 2. The third kappa shape index (κ3) is 4.43. The van der Waals surface area contributed by atoms with E-state index in [-0.39, 0.29) is 16.6 Å². The van der Waals surface area contributed by atoms with E-state index in [1.807, 2.05) is 0 Å². The van der Waals surface area contributed by atoms with Crippen LogP contribution in [0.1, 0.15) is 5.56 Å². The second-order valence-corrected chi connectivity index (χ2v) is 8.91. The minimum Gasteiger partial charge on any atom is -0.455 e. The van der Waals surface area contributed by atoms with E-state index in [0.717, 1.165) is 12.3 Å². The lowest BCUT2D eigenvalue weighted by molar-refractivity contribution is -0.137. The predicted octanol–water partition coefficient (Wildman–Crippen LogP) is 5.28. The van der Waals surface area contributed by atoms with Crippen molar-refractivity contribution in [3.8, 4) is 22.8 Å². The molecule has 0 bridgehead atoms. The summed E-state index contributed by atoms with van der Waals surface area (Å²) in [5, 5.41) is 5.05. The van der Waals surface area contributed by atoms with Crippen LogP contribution in [0.4, 0.5) is 22.7 Å². The van der Waals surface area contributed by atoms with Crippen LogP contribution in [0, 0.1) is 5.13 Å². The van der Waals surface area contributed by atoms with Crippen molar-refractivity contribution in [3.63, 3.8) is 0 Å². The molecule has 4 rings (SSSR count). The second kappa shape index (κ2) is 8.24. The number of nitrogens with one attached hydrogen (secondary N) is 2. The van der Waals surface area contributed by atoms with Crippen LogP contribution in [0.3, 0.4) is 0 Å². The van der Waals surface area contributed by atoms with E-state index in [2.05, 4.69) is 19.9 Å². The summed E-state index contributed by atoms with van der Waals surface area (Å²) >= 11 is 0.423. The van der Waals surface area contributed by atoms with Crippen LogP contribution in [-0.2, 0) is 16.2 Å². The molecule has 0 aliphatic heterocycles. The van der Waals surface area contributed by atoms with Gasteiger partial charge in [-0.05, 0) is 30.3 Å². The first kappa shape index (κ1) is 21.8. The number of anilines is 1. The third-order valence-electron chi connectivity index (χ3n) is 4.15. The first-order valence-electron chi connectivity index (χ1n) is 8.76. The van der Waals surface area contributed by atoms with Gasteiger partial charge < -0.3 is 4.74 Å². The van der Waals surface area contributed by atoms with Gasteiger partial charge in [-0.15, -0.1) is 0 Å². The summed E-state index contributed by atoms with van der Waals surface area (Å²) in [5.74, 6) is -0.482. The summed E-state index contributed by atoms with van der Waals surface area (Å²) < 4.78 is 88.6. The molecule has 2 aromatic carbocycles. The molecule has 0 saturated carbocycles. The Labute approximate surface area is 182 Å². The van der Waals surface area contributed by atoms with Gasteiger partial charge in [0.25, 0.3) is 10.0 Å². The number of ether oxygens (including phenoxy) is 1. The molecule has 0 saturated heterocycles. The Balaban J connectivity index is 1.96. The molecule has 166 valence electrons. The summed E-state index contributed by atoms with van der Waals surface area (Å²) in [6.45, 7) is 0. The van der Waals surface area contributed by atoms with Crippen molar-refractivity contribution in [2.45, 2.75) is 11.1 Å². The molecule has 0 radical (unpaired) electrons. The molecular formula is C19H12F4N4O3S2. The number of benzene rings is 2. The molecule has 0 amide bonds. The highest BCUT2D eigenvalue weighted by Crippen LogP contribution is 2.46. The zero-order chi connectivity index (χ0) is 22.9. The monoisotopic (exact) mass is 484 g/mol. The molecule has 0 aliphatic carbocycles. The maximum atomic E-state index is 13.8. The Bertz CT molecular complexity index is 1340. The molecule has 2 aromatic heterocycles. The van der Waals surface area contributed by atoms with Crippen LogP contribution in [0.5, 0.6) is 11.5 Å². The number of H-pyrrole nitrogens is 1.